The molecule has 3 N–H and O–H groups in total. The van der Waals surface area contributed by atoms with E-state index in [-0.39, 0.29) is 18.1 Å². The minimum absolute atomic E-state index is 0.148. The number of carbonyl (C=O) groups is 1. The molecule has 1 aliphatic carbocycles. The van der Waals surface area contributed by atoms with Crippen molar-refractivity contribution in [1.82, 2.24) is 5.32 Å². The van der Waals surface area contributed by atoms with Gasteiger partial charge in [-0.3, -0.25) is 4.79 Å². The molecule has 0 aromatic heterocycles. The van der Waals surface area contributed by atoms with Gasteiger partial charge in [0.25, 0.3) is 5.91 Å². The summed E-state index contributed by atoms with van der Waals surface area (Å²) < 4.78 is 0. The average Bonchev–Trinajstić information content (AvgIpc) is 2.62. The van der Waals surface area contributed by atoms with Gasteiger partial charge in [0, 0.05) is 18.3 Å². The normalized spacial score (nSPS) is 20.2. The van der Waals surface area contributed by atoms with Crippen LogP contribution in [0.25, 0.3) is 0 Å². The third-order valence-corrected chi connectivity index (χ3v) is 4.93. The minimum atomic E-state index is -0.267. The fourth-order valence-electron chi connectivity index (χ4n) is 3.20. The Morgan fingerprint density at radius 2 is 1.92 bits per heavy atom. The smallest absolute Gasteiger partial charge is 0.257 e. The number of aliphatic hydroxyl groups is 1. The molecular formula is C20H23ClN2O2. The van der Waals surface area contributed by atoms with E-state index >= 15 is 0 Å². The molecule has 2 aromatic rings. The monoisotopic (exact) mass is 358 g/mol. The zero-order chi connectivity index (χ0) is 17.6. The summed E-state index contributed by atoms with van der Waals surface area (Å²) in [6.07, 6.45) is 3.86. The molecule has 1 fully saturated rings. The number of amides is 1. The molecule has 3 rings (SSSR count). The lowest BCUT2D eigenvalue weighted by atomic mass is 9.92. The van der Waals surface area contributed by atoms with Crippen molar-refractivity contribution in [3.8, 4) is 0 Å². The Labute approximate surface area is 153 Å². The van der Waals surface area contributed by atoms with Gasteiger partial charge in [0.05, 0.1) is 16.7 Å². The predicted molar refractivity (Wildman–Crippen MR) is 101 cm³/mol. The van der Waals surface area contributed by atoms with Crippen LogP contribution in [0.2, 0.25) is 5.02 Å². The van der Waals surface area contributed by atoms with Gasteiger partial charge in [-0.05, 0) is 42.7 Å². The maximum atomic E-state index is 12.4. The van der Waals surface area contributed by atoms with E-state index in [4.69, 9.17) is 11.6 Å². The SMILES string of the molecule is O=C(Nc1cccc(CNC2CCCCC2O)c1)c1ccccc1Cl. The van der Waals surface area contributed by atoms with Gasteiger partial charge < -0.3 is 15.7 Å². The minimum Gasteiger partial charge on any atom is -0.392 e. The van der Waals surface area contributed by atoms with Gasteiger partial charge in [0.1, 0.15) is 0 Å². The first-order chi connectivity index (χ1) is 12.1. The fourth-order valence-corrected chi connectivity index (χ4v) is 3.42. The van der Waals surface area contributed by atoms with E-state index in [1.807, 2.05) is 24.3 Å². The third kappa shape index (κ3) is 4.82. The highest BCUT2D eigenvalue weighted by atomic mass is 35.5. The van der Waals surface area contributed by atoms with Gasteiger partial charge in [0.15, 0.2) is 0 Å². The van der Waals surface area contributed by atoms with E-state index in [0.717, 1.165) is 36.9 Å². The highest BCUT2D eigenvalue weighted by Crippen LogP contribution is 2.20. The number of hydrogen-bond acceptors (Lipinski definition) is 3. The summed E-state index contributed by atoms with van der Waals surface area (Å²) in [6.45, 7) is 0.664. The molecule has 0 aliphatic heterocycles. The van der Waals surface area contributed by atoms with Crippen molar-refractivity contribution in [2.24, 2.45) is 0 Å². The first-order valence-electron chi connectivity index (χ1n) is 8.70. The molecule has 1 amide bonds. The maximum Gasteiger partial charge on any atom is 0.257 e. The lowest BCUT2D eigenvalue weighted by Crippen LogP contribution is -2.41. The quantitative estimate of drug-likeness (QED) is 0.757. The molecule has 5 heteroatoms. The molecule has 1 saturated carbocycles. The Hall–Kier alpha value is -1.88. The van der Waals surface area contributed by atoms with Crippen LogP contribution in [0.15, 0.2) is 48.5 Å². The largest absolute Gasteiger partial charge is 0.392 e. The number of nitrogens with one attached hydrogen (secondary N) is 2. The van der Waals surface area contributed by atoms with Crippen molar-refractivity contribution in [3.05, 3.63) is 64.7 Å². The zero-order valence-corrected chi connectivity index (χ0v) is 14.8. The second kappa shape index (κ2) is 8.48. The summed E-state index contributed by atoms with van der Waals surface area (Å²) in [5.41, 5.74) is 2.25. The Balaban J connectivity index is 1.61. The molecule has 2 atom stereocenters. The average molecular weight is 359 g/mol. The van der Waals surface area contributed by atoms with E-state index in [1.165, 1.54) is 0 Å². The summed E-state index contributed by atoms with van der Waals surface area (Å²) >= 11 is 6.07. The van der Waals surface area contributed by atoms with Crippen molar-refractivity contribution >= 4 is 23.2 Å². The molecule has 25 heavy (non-hydrogen) atoms. The fraction of sp³-hybridized carbons (Fsp3) is 0.350. The van der Waals surface area contributed by atoms with E-state index in [9.17, 15) is 9.90 Å². The van der Waals surface area contributed by atoms with Crippen LogP contribution in [0, 0.1) is 0 Å². The van der Waals surface area contributed by atoms with E-state index in [1.54, 1.807) is 24.3 Å². The van der Waals surface area contributed by atoms with Gasteiger partial charge in [0.2, 0.25) is 0 Å². The summed E-state index contributed by atoms with van der Waals surface area (Å²) in [7, 11) is 0. The highest BCUT2D eigenvalue weighted by molar-refractivity contribution is 6.34. The standard InChI is InChI=1S/C20H23ClN2O2/c21-17-9-2-1-8-16(17)20(25)23-15-7-5-6-14(12-15)13-22-18-10-3-4-11-19(18)24/h1-2,5-9,12,18-19,22,24H,3-4,10-11,13H2,(H,23,25). The molecule has 0 saturated heterocycles. The molecule has 0 radical (unpaired) electrons. The predicted octanol–water partition coefficient (Wildman–Crippen LogP) is 3.99. The Morgan fingerprint density at radius 3 is 2.72 bits per heavy atom. The molecule has 2 aromatic carbocycles. The zero-order valence-electron chi connectivity index (χ0n) is 14.0. The number of halogens is 1. The summed E-state index contributed by atoms with van der Waals surface area (Å²) in [5, 5.41) is 16.8. The number of hydrogen-bond donors (Lipinski definition) is 3. The number of rotatable bonds is 5. The van der Waals surface area contributed by atoms with Gasteiger partial charge >= 0.3 is 0 Å². The molecule has 4 nitrogen and oxygen atoms in total. The highest BCUT2D eigenvalue weighted by Gasteiger charge is 2.22. The Bertz CT molecular complexity index is 735. The van der Waals surface area contributed by atoms with Gasteiger partial charge in [-0.25, -0.2) is 0 Å². The van der Waals surface area contributed by atoms with Crippen molar-refractivity contribution in [2.45, 2.75) is 44.4 Å². The first kappa shape index (κ1) is 17.9. The van der Waals surface area contributed by atoms with Crippen molar-refractivity contribution in [1.29, 1.82) is 0 Å². The molecule has 2 unspecified atom stereocenters. The summed E-state index contributed by atoms with van der Waals surface area (Å²) in [6, 6.07) is 14.9. The number of benzene rings is 2. The first-order valence-corrected chi connectivity index (χ1v) is 9.07. The third-order valence-electron chi connectivity index (χ3n) is 4.60. The topological polar surface area (TPSA) is 61.4 Å². The second-order valence-corrected chi connectivity index (χ2v) is 6.88. The van der Waals surface area contributed by atoms with Crippen molar-refractivity contribution in [3.63, 3.8) is 0 Å². The molecule has 1 aliphatic rings. The van der Waals surface area contributed by atoms with Crippen LogP contribution < -0.4 is 10.6 Å². The van der Waals surface area contributed by atoms with Gasteiger partial charge in [-0.1, -0.05) is 48.7 Å². The van der Waals surface area contributed by atoms with E-state index in [0.29, 0.717) is 17.1 Å². The number of anilines is 1. The maximum absolute atomic E-state index is 12.4. The van der Waals surface area contributed by atoms with Crippen molar-refractivity contribution in [2.75, 3.05) is 5.32 Å². The molecular weight excluding hydrogens is 336 g/mol. The lowest BCUT2D eigenvalue weighted by molar-refractivity contribution is 0.0902. The van der Waals surface area contributed by atoms with Gasteiger partial charge in [-0.15, -0.1) is 0 Å². The van der Waals surface area contributed by atoms with E-state index in [2.05, 4.69) is 10.6 Å². The van der Waals surface area contributed by atoms with Crippen LogP contribution >= 0.6 is 11.6 Å². The number of aliphatic hydroxyl groups excluding tert-OH is 1. The molecule has 0 bridgehead atoms. The van der Waals surface area contributed by atoms with Crippen LogP contribution in [0.4, 0.5) is 5.69 Å². The molecule has 0 spiro atoms. The Kier molecular flexibility index (Phi) is 6.08. The summed E-state index contributed by atoms with van der Waals surface area (Å²) in [4.78, 5) is 12.4. The molecule has 132 valence electrons. The lowest BCUT2D eigenvalue weighted by Gasteiger charge is -2.28. The summed E-state index contributed by atoms with van der Waals surface area (Å²) in [5.74, 6) is -0.224. The van der Waals surface area contributed by atoms with E-state index < -0.39 is 0 Å². The van der Waals surface area contributed by atoms with Crippen LogP contribution in [0.5, 0.6) is 0 Å². The van der Waals surface area contributed by atoms with Crippen molar-refractivity contribution < 1.29 is 9.90 Å². The van der Waals surface area contributed by atoms with Crippen LogP contribution in [-0.4, -0.2) is 23.2 Å². The van der Waals surface area contributed by atoms with Crippen LogP contribution in [-0.2, 0) is 6.54 Å². The Morgan fingerprint density at radius 1 is 1.12 bits per heavy atom. The van der Waals surface area contributed by atoms with Crippen LogP contribution in [0.3, 0.4) is 0 Å². The van der Waals surface area contributed by atoms with Crippen LogP contribution in [0.1, 0.15) is 41.6 Å². The molecule has 0 heterocycles. The second-order valence-electron chi connectivity index (χ2n) is 6.47. The van der Waals surface area contributed by atoms with Gasteiger partial charge in [-0.2, -0.15) is 0 Å². The number of carbonyl (C=O) groups excluding carboxylic acids is 1.